The van der Waals surface area contributed by atoms with E-state index in [9.17, 15) is 0 Å². The molecule has 3 aromatic rings. The molecule has 2 saturated heterocycles. The normalized spacial score (nSPS) is 24.1. The van der Waals surface area contributed by atoms with Gasteiger partial charge in [0.1, 0.15) is 0 Å². The molecule has 4 heterocycles. The van der Waals surface area contributed by atoms with E-state index in [1.165, 1.54) is 73.8 Å². The number of benzene rings is 1. The molecular formula is C24H30N4. The van der Waals surface area contributed by atoms with Gasteiger partial charge in [-0.05, 0) is 80.9 Å². The number of pyridine rings is 1. The average Bonchev–Trinajstić information content (AvgIpc) is 3.41. The van der Waals surface area contributed by atoms with Crippen LogP contribution in [0, 0.1) is 0 Å². The van der Waals surface area contributed by atoms with Gasteiger partial charge >= 0.3 is 0 Å². The summed E-state index contributed by atoms with van der Waals surface area (Å²) < 4.78 is 0. The van der Waals surface area contributed by atoms with Gasteiger partial charge < -0.3 is 15.2 Å². The smallest absolute Gasteiger partial charge is 0.0456 e. The Balaban J connectivity index is 1.10. The number of aromatic nitrogens is 2. The Morgan fingerprint density at radius 1 is 1.00 bits per heavy atom. The van der Waals surface area contributed by atoms with Crippen molar-refractivity contribution in [3.63, 3.8) is 0 Å². The minimum absolute atomic E-state index is 0.492. The number of hydrogen-bond donors (Lipinski definition) is 2. The Hall–Kier alpha value is -2.17. The lowest BCUT2D eigenvalue weighted by molar-refractivity contribution is 0.204. The largest absolute Gasteiger partial charge is 0.361 e. The van der Waals surface area contributed by atoms with E-state index in [-0.39, 0.29) is 0 Å². The van der Waals surface area contributed by atoms with Gasteiger partial charge in [-0.2, -0.15) is 0 Å². The fraction of sp³-hybridized carbons (Fsp3) is 0.458. The molecule has 2 atom stereocenters. The first-order valence-electron chi connectivity index (χ1n) is 10.8. The number of aromatic amines is 1. The number of likely N-dealkylation sites (tertiary alicyclic amines) is 1. The number of hydrogen-bond acceptors (Lipinski definition) is 3. The molecule has 0 spiro atoms. The van der Waals surface area contributed by atoms with Crippen LogP contribution in [-0.4, -0.2) is 40.5 Å². The van der Waals surface area contributed by atoms with Crippen molar-refractivity contribution in [1.82, 2.24) is 20.2 Å². The third-order valence-electron chi connectivity index (χ3n) is 6.77. The molecule has 0 aliphatic carbocycles. The van der Waals surface area contributed by atoms with Gasteiger partial charge in [-0.25, -0.2) is 0 Å². The summed E-state index contributed by atoms with van der Waals surface area (Å²) in [6.07, 6.45) is 12.4. The maximum absolute atomic E-state index is 4.27. The highest BCUT2D eigenvalue weighted by molar-refractivity contribution is 5.83. The van der Waals surface area contributed by atoms with E-state index in [1.807, 2.05) is 18.5 Å². The van der Waals surface area contributed by atoms with Crippen LogP contribution < -0.4 is 5.32 Å². The number of rotatable bonds is 5. The van der Waals surface area contributed by atoms with Crippen LogP contribution in [-0.2, 0) is 0 Å². The molecule has 2 unspecified atom stereocenters. The second-order valence-corrected chi connectivity index (χ2v) is 8.47. The van der Waals surface area contributed by atoms with Crippen molar-refractivity contribution in [1.29, 1.82) is 0 Å². The van der Waals surface area contributed by atoms with Crippen molar-refractivity contribution in [3.05, 3.63) is 66.1 Å². The summed E-state index contributed by atoms with van der Waals surface area (Å²) in [6, 6.07) is 14.1. The molecule has 28 heavy (non-hydrogen) atoms. The minimum atomic E-state index is 0.492. The van der Waals surface area contributed by atoms with E-state index in [1.54, 1.807) is 0 Å². The molecule has 146 valence electrons. The van der Waals surface area contributed by atoms with Crippen molar-refractivity contribution in [2.75, 3.05) is 19.6 Å². The van der Waals surface area contributed by atoms with Gasteiger partial charge in [-0.1, -0.05) is 24.3 Å². The van der Waals surface area contributed by atoms with E-state index in [0.717, 1.165) is 0 Å². The highest BCUT2D eigenvalue weighted by atomic mass is 15.1. The fourth-order valence-electron chi connectivity index (χ4n) is 5.13. The molecule has 2 N–H and O–H groups in total. The Morgan fingerprint density at radius 2 is 1.89 bits per heavy atom. The predicted molar refractivity (Wildman–Crippen MR) is 114 cm³/mol. The topological polar surface area (TPSA) is 44.0 Å². The minimum Gasteiger partial charge on any atom is -0.361 e. The molecule has 2 fully saturated rings. The van der Waals surface area contributed by atoms with Crippen LogP contribution in [0.4, 0.5) is 0 Å². The van der Waals surface area contributed by atoms with Gasteiger partial charge in [-0.3, -0.25) is 4.98 Å². The number of nitrogens with one attached hydrogen (secondary N) is 2. The Morgan fingerprint density at radius 3 is 2.75 bits per heavy atom. The van der Waals surface area contributed by atoms with Gasteiger partial charge in [0.2, 0.25) is 0 Å². The molecule has 0 bridgehead atoms. The first-order valence-corrected chi connectivity index (χ1v) is 10.8. The molecule has 5 rings (SSSR count). The number of para-hydroxylation sites is 1. The molecule has 2 aromatic heterocycles. The first-order chi connectivity index (χ1) is 13.9. The summed E-state index contributed by atoms with van der Waals surface area (Å²) in [6.45, 7) is 3.67. The van der Waals surface area contributed by atoms with Crippen molar-refractivity contribution >= 4 is 10.9 Å². The quantitative estimate of drug-likeness (QED) is 0.684. The van der Waals surface area contributed by atoms with Crippen LogP contribution in [0.2, 0.25) is 0 Å². The zero-order valence-corrected chi connectivity index (χ0v) is 16.5. The van der Waals surface area contributed by atoms with Crippen LogP contribution in [0.5, 0.6) is 0 Å². The fourth-order valence-corrected chi connectivity index (χ4v) is 5.13. The van der Waals surface area contributed by atoms with Crippen LogP contribution in [0.25, 0.3) is 10.9 Å². The molecule has 2 aliphatic heterocycles. The lowest BCUT2D eigenvalue weighted by Gasteiger charge is -2.32. The molecule has 4 heteroatoms. The number of H-pyrrole nitrogens is 1. The summed E-state index contributed by atoms with van der Waals surface area (Å²) in [5, 5.41) is 5.24. The summed E-state index contributed by atoms with van der Waals surface area (Å²) >= 11 is 0. The van der Waals surface area contributed by atoms with E-state index in [0.29, 0.717) is 18.0 Å². The second kappa shape index (κ2) is 8.06. The highest BCUT2D eigenvalue weighted by Crippen LogP contribution is 2.33. The third-order valence-corrected chi connectivity index (χ3v) is 6.77. The van der Waals surface area contributed by atoms with Gasteiger partial charge in [-0.15, -0.1) is 0 Å². The molecule has 0 radical (unpaired) electrons. The average molecular weight is 375 g/mol. The molecular weight excluding hydrogens is 344 g/mol. The Labute approximate surface area is 167 Å². The van der Waals surface area contributed by atoms with Crippen molar-refractivity contribution in [2.24, 2.45) is 0 Å². The maximum Gasteiger partial charge on any atom is 0.0456 e. The van der Waals surface area contributed by atoms with Gasteiger partial charge in [0, 0.05) is 41.6 Å². The van der Waals surface area contributed by atoms with E-state index >= 15 is 0 Å². The zero-order valence-electron chi connectivity index (χ0n) is 16.5. The van der Waals surface area contributed by atoms with Crippen LogP contribution >= 0.6 is 0 Å². The van der Waals surface area contributed by atoms with Crippen molar-refractivity contribution in [2.45, 2.75) is 50.1 Å². The van der Waals surface area contributed by atoms with Gasteiger partial charge in [0.15, 0.2) is 0 Å². The molecule has 0 saturated carbocycles. The first kappa shape index (κ1) is 17.9. The SMILES string of the molecule is c1cncc(C2CCC(CCN3CCC(c4c[nH]c5ccccc45)CC3)N2)c1. The summed E-state index contributed by atoms with van der Waals surface area (Å²) in [7, 11) is 0. The number of fused-ring (bicyclic) bond motifs is 1. The number of nitrogens with zero attached hydrogens (tertiary/aromatic N) is 2. The Kier molecular flexibility index (Phi) is 5.15. The van der Waals surface area contributed by atoms with Crippen LogP contribution in [0.3, 0.4) is 0 Å². The van der Waals surface area contributed by atoms with Crippen LogP contribution in [0.1, 0.15) is 55.2 Å². The zero-order chi connectivity index (χ0) is 18.8. The number of piperidine rings is 1. The Bertz CT molecular complexity index is 895. The summed E-state index contributed by atoms with van der Waals surface area (Å²) in [5.74, 6) is 0.701. The van der Waals surface area contributed by atoms with Gasteiger partial charge in [0.25, 0.3) is 0 Å². The molecule has 0 amide bonds. The second-order valence-electron chi connectivity index (χ2n) is 8.47. The molecule has 1 aromatic carbocycles. The standard InChI is InChI=1S/C24H30N4/c1-2-6-24-21(5-1)22(17-26-24)18-9-13-28(14-10-18)15-11-20-7-8-23(27-20)19-4-3-12-25-16-19/h1-6,12,16-18,20,23,26-27H,7-11,13-15H2. The third kappa shape index (κ3) is 3.71. The van der Waals surface area contributed by atoms with Gasteiger partial charge in [0.05, 0.1) is 0 Å². The van der Waals surface area contributed by atoms with Crippen molar-refractivity contribution < 1.29 is 0 Å². The van der Waals surface area contributed by atoms with E-state index in [4.69, 9.17) is 0 Å². The van der Waals surface area contributed by atoms with Crippen molar-refractivity contribution in [3.8, 4) is 0 Å². The molecule has 2 aliphatic rings. The van der Waals surface area contributed by atoms with E-state index < -0.39 is 0 Å². The monoisotopic (exact) mass is 374 g/mol. The summed E-state index contributed by atoms with van der Waals surface area (Å²) in [4.78, 5) is 10.4. The van der Waals surface area contributed by atoms with Crippen LogP contribution in [0.15, 0.2) is 55.0 Å². The summed E-state index contributed by atoms with van der Waals surface area (Å²) in [5.41, 5.74) is 4.13. The predicted octanol–water partition coefficient (Wildman–Crippen LogP) is 4.63. The molecule has 4 nitrogen and oxygen atoms in total. The lowest BCUT2D eigenvalue weighted by atomic mass is 9.89. The maximum atomic E-state index is 4.27. The highest BCUT2D eigenvalue weighted by Gasteiger charge is 2.27. The lowest BCUT2D eigenvalue weighted by Crippen LogP contribution is -2.36. The van der Waals surface area contributed by atoms with E-state index in [2.05, 4.69) is 56.7 Å².